The fraction of sp³-hybridized carbons (Fsp3) is 0.0909. The van der Waals surface area contributed by atoms with E-state index >= 15 is 0 Å². The van der Waals surface area contributed by atoms with Crippen LogP contribution in [0.15, 0.2) is 27.8 Å². The summed E-state index contributed by atoms with van der Waals surface area (Å²) in [6.07, 6.45) is 0. The van der Waals surface area contributed by atoms with E-state index in [1.54, 1.807) is 12.1 Å². The molecule has 2 rings (SSSR count). The van der Waals surface area contributed by atoms with Crippen molar-refractivity contribution in [2.24, 2.45) is 0 Å². The number of benzene rings is 1. The first-order valence-electron chi connectivity index (χ1n) is 5.23. The lowest BCUT2D eigenvalue weighted by Crippen LogP contribution is -2.32. The van der Waals surface area contributed by atoms with Crippen LogP contribution in [0.1, 0.15) is 16.1 Å². The minimum Gasteiger partial charge on any atom is -0.320 e. The zero-order valence-corrected chi connectivity index (χ0v) is 11.9. The van der Waals surface area contributed by atoms with Crippen molar-refractivity contribution in [1.29, 1.82) is 0 Å². The van der Waals surface area contributed by atoms with Crippen molar-refractivity contribution in [3.05, 3.63) is 53.9 Å². The van der Waals surface area contributed by atoms with Gasteiger partial charge >= 0.3 is 5.69 Å². The molecule has 0 atom stereocenters. The number of halogens is 1. The predicted octanol–water partition coefficient (Wildman–Crippen LogP) is 0.624. The second kappa shape index (κ2) is 5.34. The SMILES string of the molecule is Cc1cc(I)cc(NC(=O)c2n[nH]c(=O)[nH]c2=O)c1. The Balaban J connectivity index is 2.30. The zero-order chi connectivity index (χ0) is 14.0. The number of nitrogens with zero attached hydrogens (tertiary/aromatic N) is 1. The molecule has 0 aliphatic rings. The van der Waals surface area contributed by atoms with Gasteiger partial charge in [0.2, 0.25) is 5.69 Å². The summed E-state index contributed by atoms with van der Waals surface area (Å²) in [5, 5.41) is 7.98. The van der Waals surface area contributed by atoms with E-state index < -0.39 is 22.9 Å². The summed E-state index contributed by atoms with van der Waals surface area (Å²) < 4.78 is 0.955. The lowest BCUT2D eigenvalue weighted by atomic mass is 10.2. The molecule has 0 fully saturated rings. The van der Waals surface area contributed by atoms with Crippen LogP contribution in [-0.2, 0) is 0 Å². The maximum absolute atomic E-state index is 11.9. The van der Waals surface area contributed by atoms with Crippen molar-refractivity contribution in [3.63, 3.8) is 0 Å². The molecular weight excluding hydrogens is 363 g/mol. The Labute approximate surface area is 120 Å². The zero-order valence-electron chi connectivity index (χ0n) is 9.78. The molecule has 0 saturated carbocycles. The number of nitrogens with one attached hydrogen (secondary N) is 3. The molecule has 1 heterocycles. The fourth-order valence-electron chi connectivity index (χ4n) is 1.50. The molecule has 0 radical (unpaired) electrons. The van der Waals surface area contributed by atoms with Crippen molar-refractivity contribution in [2.45, 2.75) is 6.92 Å². The fourth-order valence-corrected chi connectivity index (χ4v) is 2.33. The molecule has 1 aromatic carbocycles. The van der Waals surface area contributed by atoms with Gasteiger partial charge in [-0.25, -0.2) is 9.89 Å². The summed E-state index contributed by atoms with van der Waals surface area (Å²) >= 11 is 2.12. The Morgan fingerprint density at radius 1 is 1.32 bits per heavy atom. The van der Waals surface area contributed by atoms with Gasteiger partial charge in [-0.3, -0.25) is 14.6 Å². The molecule has 7 nitrogen and oxygen atoms in total. The van der Waals surface area contributed by atoms with E-state index in [0.29, 0.717) is 5.69 Å². The van der Waals surface area contributed by atoms with Crippen molar-refractivity contribution in [2.75, 3.05) is 5.32 Å². The van der Waals surface area contributed by atoms with Gasteiger partial charge in [-0.2, -0.15) is 5.10 Å². The standard InChI is InChI=1S/C11H9IN4O3/c1-5-2-6(12)4-7(3-5)13-9(17)8-10(18)14-11(19)16-15-8/h2-4H,1H3,(H,13,17)(H2,14,16,18,19). The monoisotopic (exact) mass is 372 g/mol. The quantitative estimate of drug-likeness (QED) is 0.672. The number of carbonyl (C=O) groups excluding carboxylic acids is 1. The average Bonchev–Trinajstić information content (AvgIpc) is 2.26. The molecule has 19 heavy (non-hydrogen) atoms. The molecule has 1 amide bonds. The Bertz CT molecular complexity index is 730. The van der Waals surface area contributed by atoms with Gasteiger partial charge in [0.05, 0.1) is 0 Å². The molecule has 3 N–H and O–H groups in total. The minimum atomic E-state index is -0.830. The highest BCUT2D eigenvalue weighted by molar-refractivity contribution is 14.1. The van der Waals surface area contributed by atoms with E-state index in [2.05, 4.69) is 33.0 Å². The van der Waals surface area contributed by atoms with Gasteiger partial charge in [0, 0.05) is 9.26 Å². The number of hydrogen-bond donors (Lipinski definition) is 3. The number of amides is 1. The number of carbonyl (C=O) groups is 1. The second-order valence-corrected chi connectivity index (χ2v) is 5.07. The molecule has 2 aromatic rings. The summed E-state index contributed by atoms with van der Waals surface area (Å²) in [6, 6.07) is 5.46. The number of aromatic amines is 2. The van der Waals surface area contributed by atoms with Crippen LogP contribution < -0.4 is 16.6 Å². The lowest BCUT2D eigenvalue weighted by molar-refractivity contribution is 0.101. The van der Waals surface area contributed by atoms with E-state index in [1.807, 2.05) is 23.1 Å². The second-order valence-electron chi connectivity index (χ2n) is 3.83. The number of rotatable bonds is 2. The van der Waals surface area contributed by atoms with Gasteiger partial charge in [0.15, 0.2) is 0 Å². The van der Waals surface area contributed by atoms with Gasteiger partial charge in [-0.1, -0.05) is 0 Å². The van der Waals surface area contributed by atoms with Crippen LogP contribution in [0.5, 0.6) is 0 Å². The van der Waals surface area contributed by atoms with Crippen molar-refractivity contribution < 1.29 is 4.79 Å². The number of hydrogen-bond acceptors (Lipinski definition) is 4. The van der Waals surface area contributed by atoms with Crippen LogP contribution in [0.2, 0.25) is 0 Å². The Hall–Kier alpha value is -1.97. The summed E-state index contributed by atoms with van der Waals surface area (Å²) in [5.41, 5.74) is -0.446. The van der Waals surface area contributed by atoms with Crippen LogP contribution in [-0.4, -0.2) is 21.1 Å². The van der Waals surface area contributed by atoms with E-state index in [0.717, 1.165) is 9.13 Å². The molecule has 0 bridgehead atoms. The summed E-state index contributed by atoms with van der Waals surface area (Å²) in [4.78, 5) is 36.0. The average molecular weight is 372 g/mol. The van der Waals surface area contributed by atoms with Crippen LogP contribution in [0.4, 0.5) is 5.69 Å². The molecule has 1 aromatic heterocycles. The topological polar surface area (TPSA) is 108 Å². The predicted molar refractivity (Wildman–Crippen MR) is 77.3 cm³/mol. The molecule has 0 unspecified atom stereocenters. The highest BCUT2D eigenvalue weighted by Gasteiger charge is 2.13. The minimum absolute atomic E-state index is 0.392. The van der Waals surface area contributed by atoms with Crippen LogP contribution in [0, 0.1) is 10.5 Å². The van der Waals surface area contributed by atoms with E-state index in [4.69, 9.17) is 0 Å². The highest BCUT2D eigenvalue weighted by Crippen LogP contribution is 2.16. The third-order valence-corrected chi connectivity index (χ3v) is 2.85. The van der Waals surface area contributed by atoms with E-state index in [9.17, 15) is 14.4 Å². The van der Waals surface area contributed by atoms with Crippen molar-refractivity contribution in [1.82, 2.24) is 15.2 Å². The Morgan fingerprint density at radius 2 is 2.05 bits per heavy atom. The first-order chi connectivity index (χ1) is 8.95. The lowest BCUT2D eigenvalue weighted by Gasteiger charge is -2.05. The number of H-pyrrole nitrogens is 2. The van der Waals surface area contributed by atoms with Crippen LogP contribution >= 0.6 is 22.6 Å². The van der Waals surface area contributed by atoms with Crippen LogP contribution in [0.3, 0.4) is 0 Å². The summed E-state index contributed by atoms with van der Waals surface area (Å²) in [6.45, 7) is 1.89. The third kappa shape index (κ3) is 3.28. The van der Waals surface area contributed by atoms with Crippen molar-refractivity contribution >= 4 is 34.2 Å². The van der Waals surface area contributed by atoms with Gasteiger partial charge in [-0.15, -0.1) is 0 Å². The smallest absolute Gasteiger partial charge is 0.320 e. The Morgan fingerprint density at radius 3 is 2.68 bits per heavy atom. The molecule has 0 spiro atoms. The molecule has 0 aliphatic heterocycles. The summed E-state index contributed by atoms with van der Waals surface area (Å²) in [7, 11) is 0. The normalized spacial score (nSPS) is 10.2. The van der Waals surface area contributed by atoms with Gasteiger partial charge < -0.3 is 5.32 Å². The van der Waals surface area contributed by atoms with Gasteiger partial charge in [0.1, 0.15) is 0 Å². The maximum Gasteiger partial charge on any atom is 0.342 e. The van der Waals surface area contributed by atoms with Crippen molar-refractivity contribution in [3.8, 4) is 0 Å². The first kappa shape index (κ1) is 13.5. The first-order valence-corrected chi connectivity index (χ1v) is 6.31. The molecule has 0 saturated heterocycles. The number of aryl methyl sites for hydroxylation is 1. The third-order valence-electron chi connectivity index (χ3n) is 2.23. The maximum atomic E-state index is 11.9. The largest absolute Gasteiger partial charge is 0.342 e. The van der Waals surface area contributed by atoms with Crippen LogP contribution in [0.25, 0.3) is 0 Å². The summed E-state index contributed by atoms with van der Waals surface area (Å²) in [5.74, 6) is -0.682. The molecule has 8 heteroatoms. The van der Waals surface area contributed by atoms with Gasteiger partial charge in [0.25, 0.3) is 11.5 Å². The highest BCUT2D eigenvalue weighted by atomic mass is 127. The molecule has 98 valence electrons. The Kier molecular flexibility index (Phi) is 3.79. The van der Waals surface area contributed by atoms with E-state index in [1.165, 1.54) is 0 Å². The van der Waals surface area contributed by atoms with E-state index in [-0.39, 0.29) is 0 Å². The molecular formula is C11H9IN4O3. The number of anilines is 1. The number of aromatic nitrogens is 3. The van der Waals surface area contributed by atoms with Gasteiger partial charge in [-0.05, 0) is 53.3 Å². The molecule has 0 aliphatic carbocycles.